The monoisotopic (exact) mass is 356 g/mol. The van der Waals surface area contributed by atoms with Crippen molar-refractivity contribution in [1.29, 1.82) is 0 Å². The topological polar surface area (TPSA) is 49.9 Å². The maximum Gasteiger partial charge on any atom is 0.277 e. The lowest BCUT2D eigenvalue weighted by molar-refractivity contribution is -0.138. The molecule has 0 spiro atoms. The fourth-order valence-corrected chi connectivity index (χ4v) is 3.73. The lowest BCUT2D eigenvalue weighted by Crippen LogP contribution is -2.47. The van der Waals surface area contributed by atoms with E-state index in [1.165, 1.54) is 4.90 Å². The number of rotatable bonds is 4. The summed E-state index contributed by atoms with van der Waals surface area (Å²) < 4.78 is 5.81. The summed E-state index contributed by atoms with van der Waals surface area (Å²) in [6.45, 7) is 11.7. The Balaban J connectivity index is 2.07. The molecule has 0 bridgehead atoms. The first-order valence-corrected chi connectivity index (χ1v) is 9.35. The van der Waals surface area contributed by atoms with E-state index >= 15 is 0 Å². The summed E-state index contributed by atoms with van der Waals surface area (Å²) >= 11 is 0. The molecule has 3 rings (SSSR count). The molecule has 2 amide bonds. The number of nitrogens with zero attached hydrogens (tertiary/aromatic N) is 2. The third-order valence-electron chi connectivity index (χ3n) is 4.77. The van der Waals surface area contributed by atoms with Crippen molar-refractivity contribution in [2.75, 3.05) is 19.6 Å². The minimum atomic E-state index is -0.186. The fraction of sp³-hybridized carbons (Fsp3) is 0.524. The predicted octanol–water partition coefficient (Wildman–Crippen LogP) is 2.84. The quantitative estimate of drug-likeness (QED) is 0.779. The van der Waals surface area contributed by atoms with Crippen LogP contribution >= 0.6 is 0 Å². The first kappa shape index (κ1) is 18.6. The van der Waals surface area contributed by atoms with Crippen molar-refractivity contribution in [3.05, 3.63) is 41.1 Å². The van der Waals surface area contributed by atoms with E-state index in [1.807, 2.05) is 63.8 Å². The molecule has 0 N–H and O–H groups in total. The highest BCUT2D eigenvalue weighted by Crippen LogP contribution is 2.33. The molecule has 2 aliphatic rings. The van der Waals surface area contributed by atoms with Crippen LogP contribution in [0.4, 0.5) is 0 Å². The van der Waals surface area contributed by atoms with Gasteiger partial charge in [0, 0.05) is 19.6 Å². The van der Waals surface area contributed by atoms with E-state index in [-0.39, 0.29) is 29.9 Å². The van der Waals surface area contributed by atoms with Crippen LogP contribution in [0.15, 0.2) is 30.0 Å². The number of hydrogen-bond donors (Lipinski definition) is 0. The Bertz CT molecular complexity index is 726. The summed E-state index contributed by atoms with van der Waals surface area (Å²) in [4.78, 5) is 29.8. The summed E-state index contributed by atoms with van der Waals surface area (Å²) in [6, 6.07) is 7.82. The number of amides is 2. The Hall–Kier alpha value is -2.14. The molecule has 2 atom stereocenters. The van der Waals surface area contributed by atoms with Crippen molar-refractivity contribution in [1.82, 2.24) is 9.80 Å². The molecule has 1 fully saturated rings. The minimum absolute atomic E-state index is 0.0209. The van der Waals surface area contributed by atoms with E-state index in [2.05, 4.69) is 0 Å². The van der Waals surface area contributed by atoms with Crippen molar-refractivity contribution in [2.45, 2.75) is 46.8 Å². The normalized spacial score (nSPS) is 24.2. The maximum absolute atomic E-state index is 13.2. The van der Waals surface area contributed by atoms with Gasteiger partial charge in [0.05, 0.1) is 17.8 Å². The van der Waals surface area contributed by atoms with Gasteiger partial charge in [-0.05, 0) is 32.3 Å². The third-order valence-corrected chi connectivity index (χ3v) is 4.77. The summed E-state index contributed by atoms with van der Waals surface area (Å²) in [5.74, 6) is -0.140. The number of ether oxygens (including phenoxy) is 1. The largest absolute Gasteiger partial charge is 0.372 e. The van der Waals surface area contributed by atoms with Crippen LogP contribution < -0.4 is 0 Å². The van der Waals surface area contributed by atoms with Crippen LogP contribution in [0.3, 0.4) is 0 Å². The van der Waals surface area contributed by atoms with E-state index in [0.717, 1.165) is 11.1 Å². The Labute approximate surface area is 155 Å². The van der Waals surface area contributed by atoms with Crippen molar-refractivity contribution < 1.29 is 14.3 Å². The second-order valence-electron chi connectivity index (χ2n) is 7.87. The molecule has 0 aliphatic carbocycles. The van der Waals surface area contributed by atoms with Crippen LogP contribution in [0, 0.1) is 12.8 Å². The zero-order valence-electron chi connectivity index (χ0n) is 16.3. The highest BCUT2D eigenvalue weighted by Gasteiger charge is 2.43. The van der Waals surface area contributed by atoms with Gasteiger partial charge in [0.2, 0.25) is 0 Å². The van der Waals surface area contributed by atoms with E-state index in [0.29, 0.717) is 30.9 Å². The predicted molar refractivity (Wildman–Crippen MR) is 101 cm³/mol. The average Bonchev–Trinajstić information content (AvgIpc) is 2.79. The molecule has 5 heteroatoms. The molecule has 1 saturated heterocycles. The molecule has 0 aromatic heterocycles. The Morgan fingerprint density at radius 3 is 2.15 bits per heavy atom. The molecule has 26 heavy (non-hydrogen) atoms. The highest BCUT2D eigenvalue weighted by atomic mass is 16.5. The Morgan fingerprint density at radius 1 is 1.04 bits per heavy atom. The third kappa shape index (κ3) is 3.54. The number of carbonyl (C=O) groups is 2. The van der Waals surface area contributed by atoms with Gasteiger partial charge in [0.25, 0.3) is 11.8 Å². The molecule has 0 radical (unpaired) electrons. The molecular weight excluding hydrogens is 328 g/mol. The van der Waals surface area contributed by atoms with Gasteiger partial charge < -0.3 is 9.64 Å². The first-order chi connectivity index (χ1) is 12.3. The number of hydrogen-bond acceptors (Lipinski definition) is 4. The van der Waals surface area contributed by atoms with E-state index < -0.39 is 0 Å². The lowest BCUT2D eigenvalue weighted by Gasteiger charge is -2.37. The van der Waals surface area contributed by atoms with Crippen molar-refractivity contribution >= 4 is 17.4 Å². The molecule has 2 aliphatic heterocycles. The van der Waals surface area contributed by atoms with Gasteiger partial charge in [-0.2, -0.15) is 0 Å². The number of benzene rings is 1. The van der Waals surface area contributed by atoms with E-state index in [9.17, 15) is 9.59 Å². The average molecular weight is 356 g/mol. The molecule has 5 nitrogen and oxygen atoms in total. The SMILES string of the molecule is Cc1ccc(C2=C(N3CC(C)OC(C)C3)C(=O)N(CC(C)C)C2=O)cc1. The van der Waals surface area contributed by atoms with E-state index in [4.69, 9.17) is 4.74 Å². The molecule has 2 heterocycles. The maximum atomic E-state index is 13.2. The van der Waals surface area contributed by atoms with Gasteiger partial charge >= 0.3 is 0 Å². The van der Waals surface area contributed by atoms with Crippen LogP contribution in [0.5, 0.6) is 0 Å². The van der Waals surface area contributed by atoms with Gasteiger partial charge in [-0.3, -0.25) is 14.5 Å². The van der Waals surface area contributed by atoms with Gasteiger partial charge in [-0.15, -0.1) is 0 Å². The highest BCUT2D eigenvalue weighted by molar-refractivity contribution is 6.35. The van der Waals surface area contributed by atoms with Crippen LogP contribution in [-0.2, 0) is 14.3 Å². The zero-order chi connectivity index (χ0) is 19.0. The standard InChI is InChI=1S/C21H28N2O3/c1-13(2)10-23-20(24)18(17-8-6-14(3)7-9-17)19(21(23)25)22-11-15(4)26-16(5)12-22/h6-9,13,15-16H,10-12H2,1-5H3. The second-order valence-corrected chi connectivity index (χ2v) is 7.87. The molecule has 140 valence electrons. The van der Waals surface area contributed by atoms with Crippen molar-refractivity contribution in [3.8, 4) is 0 Å². The second kappa shape index (κ2) is 7.23. The molecule has 1 aromatic carbocycles. The van der Waals surface area contributed by atoms with Crippen LogP contribution in [-0.4, -0.2) is 53.5 Å². The van der Waals surface area contributed by atoms with Gasteiger partial charge in [0.15, 0.2) is 0 Å². The van der Waals surface area contributed by atoms with Crippen LogP contribution in [0.2, 0.25) is 0 Å². The van der Waals surface area contributed by atoms with Crippen molar-refractivity contribution in [3.63, 3.8) is 0 Å². The summed E-state index contributed by atoms with van der Waals surface area (Å²) in [6.07, 6.45) is 0.0418. The zero-order valence-corrected chi connectivity index (χ0v) is 16.3. The van der Waals surface area contributed by atoms with Crippen LogP contribution in [0.1, 0.15) is 38.8 Å². The number of morpholine rings is 1. The Kier molecular flexibility index (Phi) is 5.19. The summed E-state index contributed by atoms with van der Waals surface area (Å²) in [5.41, 5.74) is 2.99. The van der Waals surface area contributed by atoms with Crippen molar-refractivity contribution in [2.24, 2.45) is 5.92 Å². The van der Waals surface area contributed by atoms with Gasteiger partial charge in [-0.1, -0.05) is 43.7 Å². The number of imide groups is 1. The fourth-order valence-electron chi connectivity index (χ4n) is 3.73. The smallest absolute Gasteiger partial charge is 0.277 e. The van der Waals surface area contributed by atoms with Crippen LogP contribution in [0.25, 0.3) is 5.57 Å². The molecule has 2 unspecified atom stereocenters. The summed E-state index contributed by atoms with van der Waals surface area (Å²) in [7, 11) is 0. The molecular formula is C21H28N2O3. The lowest BCUT2D eigenvalue weighted by atomic mass is 10.0. The Morgan fingerprint density at radius 2 is 1.62 bits per heavy atom. The van der Waals surface area contributed by atoms with Gasteiger partial charge in [0.1, 0.15) is 5.70 Å². The van der Waals surface area contributed by atoms with Gasteiger partial charge in [-0.25, -0.2) is 0 Å². The molecule has 0 saturated carbocycles. The minimum Gasteiger partial charge on any atom is -0.372 e. The first-order valence-electron chi connectivity index (χ1n) is 9.35. The van der Waals surface area contributed by atoms with E-state index in [1.54, 1.807) is 0 Å². The number of carbonyl (C=O) groups excluding carboxylic acids is 2. The summed E-state index contributed by atoms with van der Waals surface area (Å²) in [5, 5.41) is 0. The molecule has 1 aromatic rings. The number of aryl methyl sites for hydroxylation is 1.